The molecule has 0 bridgehead atoms. The molecule has 1 aliphatic rings. The quantitative estimate of drug-likeness (QED) is 0.717. The molecule has 78 valence electrons. The second-order valence-electron chi connectivity index (χ2n) is 4.87. The zero-order valence-corrected chi connectivity index (χ0v) is 9.16. The molecular formula is C11H22O2. The average Bonchev–Trinajstić information content (AvgIpc) is 2.04. The van der Waals surface area contributed by atoms with Gasteiger partial charge in [0.2, 0.25) is 0 Å². The molecule has 0 spiro atoms. The van der Waals surface area contributed by atoms with Gasteiger partial charge in [0.1, 0.15) is 0 Å². The summed E-state index contributed by atoms with van der Waals surface area (Å²) in [4.78, 5) is 0. The van der Waals surface area contributed by atoms with Crippen LogP contribution in [0.4, 0.5) is 0 Å². The van der Waals surface area contributed by atoms with Crippen molar-refractivity contribution in [1.29, 1.82) is 0 Å². The topological polar surface area (TPSA) is 29.5 Å². The van der Waals surface area contributed by atoms with Crippen LogP contribution < -0.4 is 0 Å². The minimum absolute atomic E-state index is 0.321. The standard InChI is InChI=1S/C11H22O2/c1-7(2)9-5-10(8(3)4)11(12)13-6-9/h7-12H,5-6H2,1-4H3. The second kappa shape index (κ2) is 4.43. The summed E-state index contributed by atoms with van der Waals surface area (Å²) in [5.74, 6) is 2.11. The van der Waals surface area contributed by atoms with Gasteiger partial charge in [0.25, 0.3) is 0 Å². The van der Waals surface area contributed by atoms with E-state index >= 15 is 0 Å². The van der Waals surface area contributed by atoms with E-state index in [2.05, 4.69) is 27.7 Å². The zero-order chi connectivity index (χ0) is 10.0. The molecule has 1 fully saturated rings. The number of aliphatic hydroxyl groups is 1. The summed E-state index contributed by atoms with van der Waals surface area (Å²) in [6.45, 7) is 9.48. The van der Waals surface area contributed by atoms with Crippen molar-refractivity contribution >= 4 is 0 Å². The van der Waals surface area contributed by atoms with Crippen LogP contribution in [0.1, 0.15) is 34.1 Å². The van der Waals surface area contributed by atoms with Gasteiger partial charge in [-0.3, -0.25) is 0 Å². The molecular weight excluding hydrogens is 164 g/mol. The first-order valence-corrected chi connectivity index (χ1v) is 5.32. The van der Waals surface area contributed by atoms with Crippen LogP contribution in [0, 0.1) is 23.7 Å². The molecule has 0 radical (unpaired) electrons. The van der Waals surface area contributed by atoms with Crippen molar-refractivity contribution in [2.45, 2.75) is 40.4 Å². The van der Waals surface area contributed by atoms with Gasteiger partial charge < -0.3 is 9.84 Å². The van der Waals surface area contributed by atoms with Crippen molar-refractivity contribution < 1.29 is 9.84 Å². The Balaban J connectivity index is 2.53. The Bertz CT molecular complexity index is 154. The second-order valence-corrected chi connectivity index (χ2v) is 4.87. The highest BCUT2D eigenvalue weighted by Gasteiger charge is 2.32. The van der Waals surface area contributed by atoms with Gasteiger partial charge in [-0.15, -0.1) is 0 Å². The highest BCUT2D eigenvalue weighted by atomic mass is 16.6. The maximum Gasteiger partial charge on any atom is 0.157 e. The Morgan fingerprint density at radius 1 is 1.15 bits per heavy atom. The van der Waals surface area contributed by atoms with Crippen molar-refractivity contribution in [1.82, 2.24) is 0 Å². The number of hydrogen-bond acceptors (Lipinski definition) is 2. The molecule has 0 saturated carbocycles. The summed E-state index contributed by atoms with van der Waals surface area (Å²) < 4.78 is 5.38. The fourth-order valence-corrected chi connectivity index (χ4v) is 1.95. The lowest BCUT2D eigenvalue weighted by molar-refractivity contribution is -0.189. The first-order chi connectivity index (χ1) is 6.02. The SMILES string of the molecule is CC(C)C1COC(O)C(C(C)C)C1. The van der Waals surface area contributed by atoms with Crippen LogP contribution >= 0.6 is 0 Å². The van der Waals surface area contributed by atoms with Crippen molar-refractivity contribution in [3.63, 3.8) is 0 Å². The molecule has 13 heavy (non-hydrogen) atoms. The molecule has 3 atom stereocenters. The first-order valence-electron chi connectivity index (χ1n) is 5.32. The maximum atomic E-state index is 9.62. The molecule has 1 saturated heterocycles. The predicted molar refractivity (Wildman–Crippen MR) is 53.2 cm³/mol. The molecule has 0 aromatic rings. The lowest BCUT2D eigenvalue weighted by atomic mass is 9.80. The Kier molecular flexibility index (Phi) is 3.74. The van der Waals surface area contributed by atoms with Crippen LogP contribution in [0.15, 0.2) is 0 Å². The Labute approximate surface area is 81.3 Å². The third-order valence-electron chi connectivity index (χ3n) is 3.22. The van der Waals surface area contributed by atoms with E-state index in [1.54, 1.807) is 0 Å². The first kappa shape index (κ1) is 11.0. The molecule has 1 heterocycles. The van der Waals surface area contributed by atoms with Crippen molar-refractivity contribution in [3.05, 3.63) is 0 Å². The molecule has 1 rings (SSSR count). The zero-order valence-electron chi connectivity index (χ0n) is 9.16. The number of ether oxygens (including phenoxy) is 1. The third kappa shape index (κ3) is 2.68. The summed E-state index contributed by atoms with van der Waals surface area (Å²) >= 11 is 0. The van der Waals surface area contributed by atoms with Crippen LogP contribution in [0.2, 0.25) is 0 Å². The number of aliphatic hydroxyl groups excluding tert-OH is 1. The van der Waals surface area contributed by atoms with E-state index in [1.807, 2.05) is 0 Å². The van der Waals surface area contributed by atoms with Crippen molar-refractivity contribution in [3.8, 4) is 0 Å². The third-order valence-corrected chi connectivity index (χ3v) is 3.22. The summed E-state index contributed by atoms with van der Waals surface area (Å²) in [6, 6.07) is 0. The molecule has 3 unspecified atom stereocenters. The molecule has 0 amide bonds. The lowest BCUT2D eigenvalue weighted by Crippen LogP contribution is -2.38. The van der Waals surface area contributed by atoms with Gasteiger partial charge in [-0.1, -0.05) is 27.7 Å². The average molecular weight is 186 g/mol. The Morgan fingerprint density at radius 2 is 1.77 bits per heavy atom. The summed E-state index contributed by atoms with van der Waals surface area (Å²) in [5, 5.41) is 9.62. The van der Waals surface area contributed by atoms with E-state index in [0.717, 1.165) is 13.0 Å². The van der Waals surface area contributed by atoms with E-state index in [0.29, 0.717) is 23.7 Å². The van der Waals surface area contributed by atoms with Gasteiger partial charge in [-0.2, -0.15) is 0 Å². The van der Waals surface area contributed by atoms with E-state index in [-0.39, 0.29) is 0 Å². The molecule has 0 aromatic carbocycles. The monoisotopic (exact) mass is 186 g/mol. The van der Waals surface area contributed by atoms with Crippen LogP contribution in [0.25, 0.3) is 0 Å². The molecule has 1 N–H and O–H groups in total. The molecule has 1 aliphatic heterocycles. The van der Waals surface area contributed by atoms with Crippen molar-refractivity contribution in [2.24, 2.45) is 23.7 Å². The Hall–Kier alpha value is -0.0800. The summed E-state index contributed by atoms with van der Waals surface area (Å²) in [7, 11) is 0. The van der Waals surface area contributed by atoms with Gasteiger partial charge in [0.05, 0.1) is 6.61 Å². The van der Waals surface area contributed by atoms with E-state index in [9.17, 15) is 5.11 Å². The molecule has 0 aromatic heterocycles. The molecule has 2 heteroatoms. The van der Waals surface area contributed by atoms with Crippen LogP contribution in [-0.2, 0) is 4.74 Å². The normalized spacial score (nSPS) is 35.8. The minimum Gasteiger partial charge on any atom is -0.368 e. The number of hydrogen-bond donors (Lipinski definition) is 1. The van der Waals surface area contributed by atoms with E-state index < -0.39 is 6.29 Å². The fraction of sp³-hybridized carbons (Fsp3) is 1.00. The summed E-state index contributed by atoms with van der Waals surface area (Å²) in [6.07, 6.45) is 0.575. The van der Waals surface area contributed by atoms with Crippen LogP contribution in [0.5, 0.6) is 0 Å². The molecule has 2 nitrogen and oxygen atoms in total. The smallest absolute Gasteiger partial charge is 0.157 e. The number of rotatable bonds is 2. The van der Waals surface area contributed by atoms with Crippen molar-refractivity contribution in [2.75, 3.05) is 6.61 Å². The van der Waals surface area contributed by atoms with E-state index in [1.165, 1.54) is 0 Å². The van der Waals surface area contributed by atoms with Gasteiger partial charge in [-0.25, -0.2) is 0 Å². The van der Waals surface area contributed by atoms with Gasteiger partial charge in [0.15, 0.2) is 6.29 Å². The lowest BCUT2D eigenvalue weighted by Gasteiger charge is -2.37. The minimum atomic E-state index is -0.532. The van der Waals surface area contributed by atoms with Gasteiger partial charge in [0, 0.05) is 5.92 Å². The Morgan fingerprint density at radius 3 is 2.23 bits per heavy atom. The predicted octanol–water partition coefficient (Wildman–Crippen LogP) is 2.27. The highest BCUT2D eigenvalue weighted by Crippen LogP contribution is 2.32. The van der Waals surface area contributed by atoms with Gasteiger partial charge in [-0.05, 0) is 24.2 Å². The molecule has 0 aliphatic carbocycles. The van der Waals surface area contributed by atoms with Crippen LogP contribution in [-0.4, -0.2) is 18.0 Å². The maximum absolute atomic E-state index is 9.62. The fourth-order valence-electron chi connectivity index (χ4n) is 1.95. The summed E-state index contributed by atoms with van der Waals surface area (Å²) in [5.41, 5.74) is 0. The van der Waals surface area contributed by atoms with Gasteiger partial charge >= 0.3 is 0 Å². The van der Waals surface area contributed by atoms with Crippen LogP contribution in [0.3, 0.4) is 0 Å². The largest absolute Gasteiger partial charge is 0.368 e. The van der Waals surface area contributed by atoms with E-state index in [4.69, 9.17) is 4.74 Å². The highest BCUT2D eigenvalue weighted by molar-refractivity contribution is 4.77.